The van der Waals surface area contributed by atoms with Crippen LogP contribution in [-0.2, 0) is 4.79 Å². The van der Waals surface area contributed by atoms with E-state index in [0.717, 1.165) is 13.0 Å². The smallest absolute Gasteiger partial charge is 0.234 e. The van der Waals surface area contributed by atoms with Crippen molar-refractivity contribution in [2.24, 2.45) is 11.5 Å². The average Bonchev–Trinajstić information content (AvgIpc) is 2.63. The van der Waals surface area contributed by atoms with Crippen LogP contribution in [0.3, 0.4) is 0 Å². The van der Waals surface area contributed by atoms with Gasteiger partial charge in [-0.3, -0.25) is 9.69 Å². The highest BCUT2D eigenvalue weighted by molar-refractivity contribution is 7.07. The lowest BCUT2D eigenvalue weighted by molar-refractivity contribution is -0.129. The lowest BCUT2D eigenvalue weighted by Gasteiger charge is -2.43. The molecule has 2 atom stereocenters. The molecular formula is C10H15N3OS. The van der Waals surface area contributed by atoms with Gasteiger partial charge in [-0.2, -0.15) is 11.3 Å². The quantitative estimate of drug-likeness (QED) is 0.774. The second-order valence-electron chi connectivity index (χ2n) is 3.75. The van der Waals surface area contributed by atoms with Crippen molar-refractivity contribution in [1.82, 2.24) is 4.90 Å². The third-order valence-electron chi connectivity index (χ3n) is 2.94. The van der Waals surface area contributed by atoms with Gasteiger partial charge in [0, 0.05) is 19.1 Å². The van der Waals surface area contributed by atoms with Crippen LogP contribution in [0.1, 0.15) is 18.0 Å². The summed E-state index contributed by atoms with van der Waals surface area (Å²) in [5.41, 5.74) is 12.3. The second kappa shape index (κ2) is 4.30. The summed E-state index contributed by atoms with van der Waals surface area (Å²) in [6.07, 6.45) is 0.857. The first kappa shape index (κ1) is 10.6. The normalized spacial score (nSPS) is 23.4. The Morgan fingerprint density at radius 2 is 2.53 bits per heavy atom. The van der Waals surface area contributed by atoms with Crippen molar-refractivity contribution in [1.29, 1.82) is 0 Å². The number of nitrogens with two attached hydrogens (primary N) is 2. The maximum Gasteiger partial charge on any atom is 0.234 e. The largest absolute Gasteiger partial charge is 0.368 e. The van der Waals surface area contributed by atoms with Crippen molar-refractivity contribution < 1.29 is 4.79 Å². The number of primary amides is 1. The maximum atomic E-state index is 11.1. The summed E-state index contributed by atoms with van der Waals surface area (Å²) in [4.78, 5) is 13.2. The minimum atomic E-state index is -0.241. The molecule has 1 aliphatic heterocycles. The van der Waals surface area contributed by atoms with Crippen molar-refractivity contribution in [2.75, 3.05) is 13.1 Å². The van der Waals surface area contributed by atoms with Gasteiger partial charge >= 0.3 is 0 Å². The van der Waals surface area contributed by atoms with Crippen molar-refractivity contribution in [3.63, 3.8) is 0 Å². The molecule has 1 fully saturated rings. The predicted octanol–water partition coefficient (Wildman–Crippen LogP) is 0.307. The van der Waals surface area contributed by atoms with Crippen LogP contribution in [0.2, 0.25) is 0 Å². The fourth-order valence-electron chi connectivity index (χ4n) is 2.01. The molecule has 1 aromatic heterocycles. The fourth-order valence-corrected chi connectivity index (χ4v) is 2.72. The average molecular weight is 225 g/mol. The lowest BCUT2D eigenvalue weighted by atomic mass is 9.96. The Balaban J connectivity index is 2.11. The number of carbonyl (C=O) groups is 1. The Labute approximate surface area is 92.9 Å². The molecule has 1 amide bonds. The number of likely N-dealkylation sites (tertiary alicyclic amines) is 1. The molecule has 82 valence electrons. The predicted molar refractivity (Wildman–Crippen MR) is 60.4 cm³/mol. The standard InChI is InChI=1S/C10H15N3OS/c11-5-9(7-2-4-15-6-7)13-3-1-8(13)10(12)14/h2,4,6,8-9H,1,3,5,11H2,(H2,12,14). The van der Waals surface area contributed by atoms with Crippen LogP contribution < -0.4 is 11.5 Å². The van der Waals surface area contributed by atoms with Crippen LogP contribution in [0.5, 0.6) is 0 Å². The van der Waals surface area contributed by atoms with Gasteiger partial charge in [0.25, 0.3) is 0 Å². The Morgan fingerprint density at radius 3 is 2.93 bits per heavy atom. The van der Waals surface area contributed by atoms with Crippen molar-refractivity contribution in [2.45, 2.75) is 18.5 Å². The second-order valence-corrected chi connectivity index (χ2v) is 4.53. The summed E-state index contributed by atoms with van der Waals surface area (Å²) in [5, 5.41) is 4.10. The summed E-state index contributed by atoms with van der Waals surface area (Å²) < 4.78 is 0. The van der Waals surface area contributed by atoms with Crippen LogP contribution in [0.25, 0.3) is 0 Å². The van der Waals surface area contributed by atoms with Gasteiger partial charge in [0.05, 0.1) is 6.04 Å². The molecule has 1 aromatic rings. The van der Waals surface area contributed by atoms with E-state index in [1.54, 1.807) is 11.3 Å². The Morgan fingerprint density at radius 1 is 1.73 bits per heavy atom. The molecule has 0 aromatic carbocycles. The molecule has 1 aliphatic rings. The molecule has 2 heterocycles. The summed E-state index contributed by atoms with van der Waals surface area (Å²) >= 11 is 1.65. The lowest BCUT2D eigenvalue weighted by Crippen LogP contribution is -2.57. The number of carbonyl (C=O) groups excluding carboxylic acids is 1. The minimum Gasteiger partial charge on any atom is -0.368 e. The van der Waals surface area contributed by atoms with E-state index in [1.165, 1.54) is 5.56 Å². The third-order valence-corrected chi connectivity index (χ3v) is 3.64. The molecule has 0 bridgehead atoms. The van der Waals surface area contributed by atoms with E-state index < -0.39 is 0 Å². The summed E-state index contributed by atoms with van der Waals surface area (Å²) in [6.45, 7) is 1.44. The highest BCUT2D eigenvalue weighted by atomic mass is 32.1. The zero-order valence-corrected chi connectivity index (χ0v) is 9.24. The molecule has 0 spiro atoms. The van der Waals surface area contributed by atoms with Gasteiger partial charge in [0.1, 0.15) is 0 Å². The topological polar surface area (TPSA) is 72.3 Å². The zero-order chi connectivity index (χ0) is 10.8. The van der Waals surface area contributed by atoms with Crippen molar-refractivity contribution >= 4 is 17.2 Å². The Bertz CT molecular complexity index is 338. The van der Waals surface area contributed by atoms with Gasteiger partial charge in [-0.25, -0.2) is 0 Å². The van der Waals surface area contributed by atoms with E-state index in [4.69, 9.17) is 11.5 Å². The van der Waals surface area contributed by atoms with E-state index in [-0.39, 0.29) is 18.0 Å². The first-order valence-corrected chi connectivity index (χ1v) is 5.95. The van der Waals surface area contributed by atoms with Gasteiger partial charge in [-0.15, -0.1) is 0 Å². The molecule has 15 heavy (non-hydrogen) atoms. The molecule has 4 nitrogen and oxygen atoms in total. The maximum absolute atomic E-state index is 11.1. The van der Waals surface area contributed by atoms with Gasteiger partial charge < -0.3 is 11.5 Å². The molecular weight excluding hydrogens is 210 g/mol. The molecule has 0 aliphatic carbocycles. The van der Waals surface area contributed by atoms with E-state index in [1.807, 2.05) is 5.38 Å². The number of hydrogen-bond acceptors (Lipinski definition) is 4. The number of thiophene rings is 1. The number of nitrogens with zero attached hydrogens (tertiary/aromatic N) is 1. The Hall–Kier alpha value is -0.910. The highest BCUT2D eigenvalue weighted by Crippen LogP contribution is 2.30. The molecule has 2 rings (SSSR count). The summed E-state index contributed by atoms with van der Waals surface area (Å²) in [7, 11) is 0. The number of rotatable bonds is 4. The van der Waals surface area contributed by atoms with Crippen LogP contribution in [0.15, 0.2) is 16.8 Å². The van der Waals surface area contributed by atoms with E-state index in [0.29, 0.717) is 6.54 Å². The highest BCUT2D eigenvalue weighted by Gasteiger charge is 2.37. The van der Waals surface area contributed by atoms with Gasteiger partial charge in [-0.1, -0.05) is 0 Å². The zero-order valence-electron chi connectivity index (χ0n) is 8.43. The van der Waals surface area contributed by atoms with Crippen molar-refractivity contribution in [3.05, 3.63) is 22.4 Å². The molecule has 0 saturated carbocycles. The molecule has 5 heteroatoms. The molecule has 2 unspecified atom stereocenters. The SMILES string of the molecule is NCC(c1ccsc1)N1CCC1C(N)=O. The first-order valence-electron chi connectivity index (χ1n) is 5.01. The minimum absolute atomic E-state index is 0.126. The summed E-state index contributed by atoms with van der Waals surface area (Å²) in [5.74, 6) is -0.241. The van der Waals surface area contributed by atoms with E-state index >= 15 is 0 Å². The number of amides is 1. The van der Waals surface area contributed by atoms with Gasteiger partial charge in [-0.05, 0) is 28.8 Å². The van der Waals surface area contributed by atoms with Gasteiger partial charge in [0.2, 0.25) is 5.91 Å². The van der Waals surface area contributed by atoms with Crippen LogP contribution in [-0.4, -0.2) is 29.9 Å². The monoisotopic (exact) mass is 225 g/mol. The molecule has 4 N–H and O–H groups in total. The summed E-state index contributed by atoms with van der Waals surface area (Å²) in [6, 6.07) is 2.07. The Kier molecular flexibility index (Phi) is 3.04. The molecule has 0 radical (unpaired) electrons. The third kappa shape index (κ3) is 1.90. The van der Waals surface area contributed by atoms with Crippen LogP contribution >= 0.6 is 11.3 Å². The van der Waals surface area contributed by atoms with E-state index in [2.05, 4.69) is 16.3 Å². The van der Waals surface area contributed by atoms with E-state index in [9.17, 15) is 4.79 Å². The van der Waals surface area contributed by atoms with Crippen LogP contribution in [0.4, 0.5) is 0 Å². The molecule has 1 saturated heterocycles. The van der Waals surface area contributed by atoms with Crippen molar-refractivity contribution in [3.8, 4) is 0 Å². The van der Waals surface area contributed by atoms with Crippen LogP contribution in [0, 0.1) is 0 Å². The fraction of sp³-hybridized carbons (Fsp3) is 0.500. The van der Waals surface area contributed by atoms with Gasteiger partial charge in [0.15, 0.2) is 0 Å². The number of hydrogen-bond donors (Lipinski definition) is 2. The first-order chi connectivity index (χ1) is 7.24.